The van der Waals surface area contributed by atoms with E-state index in [-0.39, 0.29) is 6.85 Å². The largest absolute Gasteiger partial charge is 0.454 e. The van der Waals surface area contributed by atoms with Crippen LogP contribution in [0.4, 0.5) is 17.1 Å². The number of ether oxygens (including phenoxy) is 1. The fraction of sp³-hybridized carbons (Fsp3) is 0. The van der Waals surface area contributed by atoms with Crippen LogP contribution in [0.25, 0.3) is 65.6 Å². The van der Waals surface area contributed by atoms with Gasteiger partial charge in [-0.1, -0.05) is 97.1 Å². The zero-order chi connectivity index (χ0) is 29.0. The highest BCUT2D eigenvalue weighted by Crippen LogP contribution is 2.55. The lowest BCUT2D eigenvalue weighted by molar-refractivity contribution is 0.477. The number of hydrogen-bond acceptors (Lipinski definition) is 3. The lowest BCUT2D eigenvalue weighted by Gasteiger charge is -2.43. The maximum atomic E-state index is 6.86. The van der Waals surface area contributed by atoms with E-state index in [1.54, 1.807) is 0 Å². The molecule has 0 bridgehead atoms. The van der Waals surface area contributed by atoms with Crippen molar-refractivity contribution in [3.63, 3.8) is 0 Å². The van der Waals surface area contributed by atoms with Crippen molar-refractivity contribution in [3.05, 3.63) is 127 Å². The second-order valence-electron chi connectivity index (χ2n) is 12.4. The monoisotopic (exact) mass is 572 g/mol. The fourth-order valence-electron chi connectivity index (χ4n) is 8.62. The Hall–Kier alpha value is -5.94. The summed E-state index contributed by atoms with van der Waals surface area (Å²) in [5.41, 5.74) is 12.6. The number of aromatic nitrogens is 1. The highest BCUT2D eigenvalue weighted by molar-refractivity contribution is 6.90. The summed E-state index contributed by atoms with van der Waals surface area (Å²) in [5.74, 6) is 1.71. The van der Waals surface area contributed by atoms with Gasteiger partial charge in [-0.2, -0.15) is 0 Å². The first-order valence-corrected chi connectivity index (χ1v) is 15.5. The molecule has 0 unspecified atom stereocenters. The number of benzene rings is 7. The van der Waals surface area contributed by atoms with Gasteiger partial charge in [-0.3, -0.25) is 0 Å². The van der Waals surface area contributed by atoms with Crippen molar-refractivity contribution in [1.82, 2.24) is 4.48 Å². The molecule has 0 spiro atoms. The number of fused-ring (bicyclic) bond motifs is 15. The Bertz CT molecular complexity index is 2830. The van der Waals surface area contributed by atoms with Crippen molar-refractivity contribution in [1.29, 1.82) is 0 Å². The van der Waals surface area contributed by atoms with Gasteiger partial charge in [-0.25, -0.2) is 0 Å². The van der Waals surface area contributed by atoms with Gasteiger partial charge in [0.2, 0.25) is 0 Å². The van der Waals surface area contributed by atoms with Crippen molar-refractivity contribution in [2.24, 2.45) is 0 Å². The van der Waals surface area contributed by atoms with Gasteiger partial charge in [0.1, 0.15) is 5.58 Å². The summed E-state index contributed by atoms with van der Waals surface area (Å²) in [6.07, 6.45) is 0. The molecule has 4 nitrogen and oxygen atoms in total. The second kappa shape index (κ2) is 7.58. The molecule has 5 heterocycles. The number of rotatable bonds is 0. The van der Waals surface area contributed by atoms with E-state index in [2.05, 4.69) is 131 Å². The van der Waals surface area contributed by atoms with E-state index in [1.165, 1.54) is 54.6 Å². The Morgan fingerprint density at radius 2 is 1.31 bits per heavy atom. The van der Waals surface area contributed by atoms with Crippen molar-refractivity contribution in [2.45, 2.75) is 0 Å². The van der Waals surface area contributed by atoms with Crippen LogP contribution >= 0.6 is 0 Å². The third kappa shape index (κ3) is 2.52. The zero-order valence-electron chi connectivity index (χ0n) is 23.9. The van der Waals surface area contributed by atoms with Crippen LogP contribution in [-0.2, 0) is 0 Å². The summed E-state index contributed by atoms with van der Waals surface area (Å²) in [5, 5.41) is 7.34. The average molecular weight is 572 g/mol. The van der Waals surface area contributed by atoms with Gasteiger partial charge in [0.05, 0.1) is 17.1 Å². The van der Waals surface area contributed by atoms with Crippen LogP contribution in [0.3, 0.4) is 0 Å². The van der Waals surface area contributed by atoms with Crippen LogP contribution in [0, 0.1) is 0 Å². The highest BCUT2D eigenvalue weighted by Gasteiger charge is 2.47. The average Bonchev–Trinajstić information content (AvgIpc) is 3.64. The summed E-state index contributed by atoms with van der Waals surface area (Å²) >= 11 is 0. The molecule has 0 aliphatic carbocycles. The molecule has 0 radical (unpaired) electrons. The lowest BCUT2D eigenvalue weighted by atomic mass is 9.45. The molecule has 0 saturated heterocycles. The Morgan fingerprint density at radius 1 is 0.533 bits per heavy atom. The summed E-state index contributed by atoms with van der Waals surface area (Å²) in [4.78, 5) is 2.42. The zero-order valence-corrected chi connectivity index (χ0v) is 23.9. The molecular weight excluding hydrogens is 551 g/mol. The highest BCUT2D eigenvalue weighted by atomic mass is 16.5. The van der Waals surface area contributed by atoms with E-state index >= 15 is 0 Å². The molecule has 0 saturated carbocycles. The third-order valence-corrected chi connectivity index (χ3v) is 10.3. The molecular formula is C40H21BN2O2. The van der Waals surface area contributed by atoms with E-state index in [4.69, 9.17) is 9.15 Å². The number of furan rings is 1. The minimum Gasteiger partial charge on any atom is -0.454 e. The van der Waals surface area contributed by atoms with Crippen LogP contribution in [0.15, 0.2) is 132 Å². The van der Waals surface area contributed by atoms with E-state index in [0.29, 0.717) is 0 Å². The summed E-state index contributed by atoms with van der Waals surface area (Å²) in [7, 11) is 0. The second-order valence-corrected chi connectivity index (χ2v) is 12.4. The van der Waals surface area contributed by atoms with Crippen LogP contribution in [-0.4, -0.2) is 11.3 Å². The molecule has 5 heteroatoms. The topological polar surface area (TPSA) is 30.5 Å². The van der Waals surface area contributed by atoms with Crippen molar-refractivity contribution in [3.8, 4) is 22.6 Å². The SMILES string of the molecule is c1ccc2c(c1)Oc1cccc3c1N2c1c2c(cc4c1oc1ccccc14)-c1cccc4c5ccc6ccccc6c5n(c14)B32. The number of hydrogen-bond donors (Lipinski definition) is 0. The molecule has 0 atom stereocenters. The fourth-order valence-corrected chi connectivity index (χ4v) is 8.62. The van der Waals surface area contributed by atoms with Crippen molar-refractivity contribution in [2.75, 3.05) is 4.90 Å². The minimum absolute atomic E-state index is 0.0756. The number of para-hydroxylation sites is 5. The van der Waals surface area contributed by atoms with Crippen LogP contribution in [0.1, 0.15) is 0 Å². The molecule has 0 fully saturated rings. The smallest absolute Gasteiger partial charge is 0.333 e. The Labute approximate surface area is 257 Å². The summed E-state index contributed by atoms with van der Waals surface area (Å²) < 4.78 is 16.1. The molecule has 3 aliphatic rings. The molecule has 7 aromatic carbocycles. The van der Waals surface area contributed by atoms with Crippen LogP contribution in [0.2, 0.25) is 0 Å². The normalized spacial score (nSPS) is 13.9. The number of anilines is 3. The standard InChI is InChI=1S/C40H21BN2O2/c1-2-10-23-22(9-1)19-20-27-25-12-7-13-26-28-21-29-24-11-3-5-16-32(24)45-40(29)39-35(28)41(43(36(23)27)37(25)26)30-14-8-18-34-38(30)42(39)31-15-4-6-17-33(31)44-34/h1-21H. The third-order valence-electron chi connectivity index (χ3n) is 10.3. The van der Waals surface area contributed by atoms with Gasteiger partial charge in [-0.15, -0.1) is 0 Å². The predicted octanol–water partition coefficient (Wildman–Crippen LogP) is 9.37. The Morgan fingerprint density at radius 3 is 2.29 bits per heavy atom. The molecule has 3 aliphatic heterocycles. The first-order valence-electron chi connectivity index (χ1n) is 15.5. The maximum absolute atomic E-state index is 6.86. The van der Waals surface area contributed by atoms with Crippen molar-refractivity contribution >= 4 is 89.4 Å². The van der Waals surface area contributed by atoms with E-state index in [1.807, 2.05) is 6.07 Å². The van der Waals surface area contributed by atoms with Crippen LogP contribution in [0.5, 0.6) is 11.5 Å². The summed E-state index contributed by atoms with van der Waals surface area (Å²) in [6, 6.07) is 45.9. The van der Waals surface area contributed by atoms with Gasteiger partial charge in [0.25, 0.3) is 0 Å². The molecule has 0 N–H and O–H groups in total. The van der Waals surface area contributed by atoms with Gasteiger partial charge < -0.3 is 18.5 Å². The van der Waals surface area contributed by atoms with Crippen molar-refractivity contribution < 1.29 is 9.15 Å². The Balaban J connectivity index is 1.37. The van der Waals surface area contributed by atoms with Gasteiger partial charge in [0, 0.05) is 43.5 Å². The molecule has 0 amide bonds. The van der Waals surface area contributed by atoms with E-state index < -0.39 is 0 Å². The predicted molar refractivity (Wildman–Crippen MR) is 185 cm³/mol. The first kappa shape index (κ1) is 22.6. The van der Waals surface area contributed by atoms with Gasteiger partial charge in [0.15, 0.2) is 17.1 Å². The number of nitrogens with zero attached hydrogens (tertiary/aromatic N) is 2. The van der Waals surface area contributed by atoms with E-state index in [9.17, 15) is 0 Å². The van der Waals surface area contributed by atoms with Gasteiger partial charge >= 0.3 is 6.85 Å². The van der Waals surface area contributed by atoms with Crippen LogP contribution < -0.4 is 20.6 Å². The molecule has 9 aromatic rings. The minimum atomic E-state index is -0.0756. The molecule has 12 rings (SSSR count). The van der Waals surface area contributed by atoms with Gasteiger partial charge in [-0.05, 0) is 52.2 Å². The summed E-state index contributed by atoms with van der Waals surface area (Å²) in [6.45, 7) is -0.0756. The van der Waals surface area contributed by atoms with E-state index in [0.717, 1.165) is 50.5 Å². The Kier molecular flexibility index (Phi) is 3.80. The maximum Gasteiger partial charge on any atom is 0.333 e. The molecule has 206 valence electrons. The molecule has 2 aromatic heterocycles. The quantitative estimate of drug-likeness (QED) is 0.170. The molecule has 45 heavy (non-hydrogen) atoms. The lowest BCUT2D eigenvalue weighted by Crippen LogP contribution is -2.57. The first-order chi connectivity index (χ1) is 22.3.